The molecule has 0 bridgehead atoms. The Balaban J connectivity index is 0.000000109. The van der Waals surface area contributed by atoms with E-state index in [-0.39, 0.29) is 5.63 Å². The smallest absolute Gasteiger partial charge is 0.336 e. The Hall–Kier alpha value is -4.22. The van der Waals surface area contributed by atoms with Gasteiger partial charge in [0.2, 0.25) is 0 Å². The predicted octanol–water partition coefficient (Wildman–Crippen LogP) is 7.86. The van der Waals surface area contributed by atoms with Gasteiger partial charge in [-0.05, 0) is 53.9 Å². The van der Waals surface area contributed by atoms with E-state index in [1.54, 1.807) is 12.1 Å². The molecule has 0 unspecified atom stereocenters. The zero-order valence-electron chi connectivity index (χ0n) is 18.3. The van der Waals surface area contributed by atoms with Gasteiger partial charge in [0.25, 0.3) is 0 Å². The molecule has 0 amide bonds. The molecule has 0 saturated carbocycles. The third kappa shape index (κ3) is 5.05. The van der Waals surface area contributed by atoms with Crippen molar-refractivity contribution >= 4 is 45.0 Å². The summed E-state index contributed by atoms with van der Waals surface area (Å²) in [5, 5.41) is 5.65. The van der Waals surface area contributed by atoms with Gasteiger partial charge in [-0.3, -0.25) is 0 Å². The number of rotatable bonds is 0. The Morgan fingerprint density at radius 3 is 1.94 bits per heavy atom. The molecule has 0 fully saturated rings. The van der Waals surface area contributed by atoms with Gasteiger partial charge < -0.3 is 14.7 Å². The largest absolute Gasteiger partial charge is 0.423 e. The van der Waals surface area contributed by atoms with E-state index in [1.807, 2.05) is 48.3 Å². The maximum absolute atomic E-state index is 10.7. The number of nitrogens with one attached hydrogen (secondary N) is 2. The Morgan fingerprint density at radius 2 is 1.21 bits per heavy atom. The first kappa shape index (κ1) is 21.6. The minimum atomic E-state index is -0.302. The first-order valence-corrected chi connectivity index (χ1v) is 11.7. The van der Waals surface area contributed by atoms with E-state index in [0.717, 1.165) is 5.39 Å². The molecule has 6 aromatic rings. The van der Waals surface area contributed by atoms with Gasteiger partial charge >= 0.3 is 5.63 Å². The molecule has 5 heteroatoms. The van der Waals surface area contributed by atoms with E-state index in [1.165, 1.54) is 38.1 Å². The third-order valence-electron chi connectivity index (χ3n) is 5.25. The van der Waals surface area contributed by atoms with E-state index in [4.69, 9.17) is 4.42 Å². The molecule has 0 radical (unpaired) electrons. The van der Waals surface area contributed by atoms with Crippen molar-refractivity contribution in [1.82, 2.24) is 4.98 Å². The maximum atomic E-state index is 10.7. The predicted molar refractivity (Wildman–Crippen MR) is 141 cm³/mol. The van der Waals surface area contributed by atoms with Gasteiger partial charge in [0.15, 0.2) is 0 Å². The van der Waals surface area contributed by atoms with Crippen LogP contribution in [0.25, 0.3) is 21.9 Å². The summed E-state index contributed by atoms with van der Waals surface area (Å²) >= 11 is 1.82. The summed E-state index contributed by atoms with van der Waals surface area (Å²) in [6, 6.07) is 37.6. The van der Waals surface area contributed by atoms with Crippen molar-refractivity contribution in [2.45, 2.75) is 9.79 Å². The van der Waals surface area contributed by atoms with Crippen molar-refractivity contribution in [3.63, 3.8) is 0 Å². The molecule has 4 nitrogen and oxygen atoms in total. The van der Waals surface area contributed by atoms with E-state index in [9.17, 15) is 4.79 Å². The van der Waals surface area contributed by atoms with Gasteiger partial charge in [0, 0.05) is 33.0 Å². The highest BCUT2D eigenvalue weighted by Gasteiger charge is 2.13. The molecule has 0 aliphatic carbocycles. The highest BCUT2D eigenvalue weighted by Crippen LogP contribution is 2.43. The van der Waals surface area contributed by atoms with E-state index in [2.05, 4.69) is 77.0 Å². The number of anilines is 2. The number of para-hydroxylation sites is 4. The summed E-state index contributed by atoms with van der Waals surface area (Å²) in [6.07, 6.45) is 1.95. The van der Waals surface area contributed by atoms with Crippen molar-refractivity contribution in [3.8, 4) is 0 Å². The van der Waals surface area contributed by atoms with Crippen molar-refractivity contribution in [1.29, 1.82) is 0 Å². The van der Waals surface area contributed by atoms with Gasteiger partial charge in [-0.15, -0.1) is 0 Å². The van der Waals surface area contributed by atoms with Crippen LogP contribution in [0.15, 0.2) is 140 Å². The van der Waals surface area contributed by atoms with E-state index >= 15 is 0 Å². The summed E-state index contributed by atoms with van der Waals surface area (Å²) in [7, 11) is 0. The van der Waals surface area contributed by atoms with Crippen LogP contribution in [-0.2, 0) is 0 Å². The van der Waals surface area contributed by atoms with Gasteiger partial charge in [0.05, 0.1) is 11.4 Å². The van der Waals surface area contributed by atoms with Crippen molar-refractivity contribution in [2.75, 3.05) is 5.32 Å². The summed E-state index contributed by atoms with van der Waals surface area (Å²) in [6.45, 7) is 0. The normalized spacial score (nSPS) is 11.2. The van der Waals surface area contributed by atoms with Gasteiger partial charge in [-0.25, -0.2) is 4.79 Å². The standard InChI is InChI=1S/C12H9NS.C9H6O2.C8H7N/c1-3-7-11-9(5-1)13-10-6-2-4-8-12(10)14-11;10-9-6-5-7-3-1-2-4-8(7)11-9;1-2-4-8-7(3-1)5-6-9-8/h1-8,13H;1-6H;1-6,9H. The first-order valence-electron chi connectivity index (χ1n) is 10.9. The Morgan fingerprint density at radius 1 is 0.588 bits per heavy atom. The summed E-state index contributed by atoms with van der Waals surface area (Å²) in [4.78, 5) is 16.4. The number of benzene rings is 4. The molecule has 2 aromatic heterocycles. The van der Waals surface area contributed by atoms with Crippen LogP contribution in [0.4, 0.5) is 11.4 Å². The lowest BCUT2D eigenvalue weighted by molar-refractivity contribution is 0.561. The second kappa shape index (κ2) is 10.1. The number of aromatic amines is 1. The highest BCUT2D eigenvalue weighted by molar-refractivity contribution is 7.99. The van der Waals surface area contributed by atoms with Crippen LogP contribution in [0.2, 0.25) is 0 Å². The number of aromatic nitrogens is 1. The first-order chi connectivity index (χ1) is 16.8. The minimum Gasteiger partial charge on any atom is -0.423 e. The Kier molecular flexibility index (Phi) is 6.45. The Labute approximate surface area is 201 Å². The average molecular weight is 463 g/mol. The van der Waals surface area contributed by atoms with Crippen molar-refractivity contribution in [3.05, 3.63) is 132 Å². The molecular weight excluding hydrogens is 440 g/mol. The lowest BCUT2D eigenvalue weighted by Gasteiger charge is -2.19. The highest BCUT2D eigenvalue weighted by atomic mass is 32.2. The third-order valence-corrected chi connectivity index (χ3v) is 6.41. The molecule has 0 spiro atoms. The van der Waals surface area contributed by atoms with Crippen LogP contribution in [0.3, 0.4) is 0 Å². The minimum absolute atomic E-state index is 0.302. The molecule has 7 rings (SSSR count). The molecule has 34 heavy (non-hydrogen) atoms. The van der Waals surface area contributed by atoms with Crippen molar-refractivity contribution < 1.29 is 4.42 Å². The van der Waals surface area contributed by atoms with Crippen LogP contribution in [0.5, 0.6) is 0 Å². The molecule has 1 aliphatic heterocycles. The van der Waals surface area contributed by atoms with Crippen LogP contribution in [0, 0.1) is 0 Å². The molecule has 3 heterocycles. The fraction of sp³-hybridized carbons (Fsp3) is 0. The quantitative estimate of drug-likeness (QED) is 0.225. The molecule has 0 atom stereocenters. The zero-order chi connectivity index (χ0) is 23.2. The lowest BCUT2D eigenvalue weighted by atomic mass is 10.2. The summed E-state index contributed by atoms with van der Waals surface area (Å²) in [5.74, 6) is 0. The molecule has 1 aliphatic rings. The molecular formula is C29H22N2O2S. The fourth-order valence-electron chi connectivity index (χ4n) is 3.59. The second-order valence-electron chi connectivity index (χ2n) is 7.58. The number of H-pyrrole nitrogens is 1. The van der Waals surface area contributed by atoms with Crippen LogP contribution in [0.1, 0.15) is 0 Å². The molecule has 2 N–H and O–H groups in total. The number of fused-ring (bicyclic) bond motifs is 4. The number of hydrogen-bond acceptors (Lipinski definition) is 4. The maximum Gasteiger partial charge on any atom is 0.336 e. The van der Waals surface area contributed by atoms with Gasteiger partial charge in [0.1, 0.15) is 5.58 Å². The lowest BCUT2D eigenvalue weighted by Crippen LogP contribution is -1.98. The number of hydrogen-bond donors (Lipinski definition) is 2. The topological polar surface area (TPSA) is 58.0 Å². The van der Waals surface area contributed by atoms with Gasteiger partial charge in [-0.2, -0.15) is 0 Å². The van der Waals surface area contributed by atoms with Crippen LogP contribution < -0.4 is 10.9 Å². The van der Waals surface area contributed by atoms with Crippen LogP contribution in [-0.4, -0.2) is 4.98 Å². The monoisotopic (exact) mass is 462 g/mol. The molecule has 4 aromatic carbocycles. The Bertz CT molecular complexity index is 1490. The summed E-state index contributed by atoms with van der Waals surface area (Å²) < 4.78 is 4.91. The average Bonchev–Trinajstić information content (AvgIpc) is 3.37. The van der Waals surface area contributed by atoms with Crippen molar-refractivity contribution in [2.24, 2.45) is 0 Å². The SMILES string of the molecule is O=c1ccc2ccccc2o1.c1ccc2[nH]ccc2c1.c1ccc2c(c1)Nc1ccccc1S2. The summed E-state index contributed by atoms with van der Waals surface area (Å²) in [5.41, 5.74) is 3.95. The molecule has 0 saturated heterocycles. The van der Waals surface area contributed by atoms with E-state index < -0.39 is 0 Å². The fourth-order valence-corrected chi connectivity index (χ4v) is 4.58. The van der Waals surface area contributed by atoms with E-state index in [0.29, 0.717) is 5.58 Å². The van der Waals surface area contributed by atoms with Crippen LogP contribution >= 0.6 is 11.8 Å². The second-order valence-corrected chi connectivity index (χ2v) is 8.66. The van der Waals surface area contributed by atoms with Gasteiger partial charge in [-0.1, -0.05) is 72.4 Å². The zero-order valence-corrected chi connectivity index (χ0v) is 19.1. The molecule has 166 valence electrons.